The number of hydrogen-bond acceptors (Lipinski definition) is 7. The number of allylic oxidation sites excluding steroid dienone is 4. The molecule has 10 atom stereocenters. The normalized spacial score (nSPS) is 20.2. The van der Waals surface area contributed by atoms with Gasteiger partial charge in [-0.2, -0.15) is 13.2 Å². The summed E-state index contributed by atoms with van der Waals surface area (Å²) < 4.78 is 57.3. The van der Waals surface area contributed by atoms with Gasteiger partial charge in [0, 0.05) is 25.2 Å². The molecule has 1 aliphatic carbocycles. The van der Waals surface area contributed by atoms with Crippen molar-refractivity contribution in [2.45, 2.75) is 240 Å². The molecule has 0 heterocycles. The fourth-order valence-corrected chi connectivity index (χ4v) is 11.2. The summed E-state index contributed by atoms with van der Waals surface area (Å²) in [5.41, 5.74) is -0.840. The number of aliphatic hydroxyl groups is 2. The molecule has 0 spiro atoms. The van der Waals surface area contributed by atoms with Crippen LogP contribution in [-0.4, -0.2) is 53.7 Å². The second kappa shape index (κ2) is 37.6. The van der Waals surface area contributed by atoms with Crippen molar-refractivity contribution in [3.05, 3.63) is 66.3 Å². The number of unbranched alkanes of at least 4 members (excludes halogenated alkanes) is 12. The first-order valence-electron chi connectivity index (χ1n) is 28.3. The number of hydrogen-bond donors (Lipinski definition) is 2. The van der Waals surface area contributed by atoms with Gasteiger partial charge in [-0.05, 0) is 105 Å². The molecule has 2 N–H and O–H groups in total. The highest BCUT2D eigenvalue weighted by Gasteiger charge is 2.43. The zero-order chi connectivity index (χ0) is 51.6. The lowest BCUT2D eigenvalue weighted by Gasteiger charge is -2.40. The van der Waals surface area contributed by atoms with Crippen LogP contribution in [-0.2, 0) is 25.2 Å². The zero-order valence-electron chi connectivity index (χ0n) is 44.9. The topological polar surface area (TPSA) is 102 Å². The first-order valence-corrected chi connectivity index (χ1v) is 28.3. The number of carbonyl (C=O) groups is 2. The molecule has 1 fully saturated rings. The van der Waals surface area contributed by atoms with Crippen molar-refractivity contribution in [3.63, 3.8) is 0 Å². The first-order chi connectivity index (χ1) is 33.8. The summed E-state index contributed by atoms with van der Waals surface area (Å²) in [4.78, 5) is 26.4. The molecule has 2 rings (SSSR count). The molecule has 0 saturated heterocycles. The number of aliphatic hydroxyl groups excluding tert-OH is 2. The molecule has 0 aliphatic heterocycles. The second-order valence-electron chi connectivity index (χ2n) is 20.3. The smallest absolute Gasteiger partial charge is 0.416 e. The van der Waals surface area contributed by atoms with Crippen molar-refractivity contribution >= 4 is 11.9 Å². The van der Waals surface area contributed by atoms with Crippen LogP contribution in [0.25, 0.3) is 0 Å². The fourth-order valence-electron chi connectivity index (χ4n) is 11.2. The maximum atomic E-state index is 14.0. The highest BCUT2D eigenvalue weighted by atomic mass is 19.4. The van der Waals surface area contributed by atoms with Crippen molar-refractivity contribution in [2.24, 2.45) is 41.4 Å². The van der Waals surface area contributed by atoms with E-state index >= 15 is 0 Å². The lowest BCUT2D eigenvalue weighted by molar-refractivity contribution is -0.152. The molecule has 0 aromatic heterocycles. The summed E-state index contributed by atoms with van der Waals surface area (Å²) in [6.45, 7) is 16.0. The van der Waals surface area contributed by atoms with Crippen LogP contribution in [0.5, 0.6) is 5.75 Å². The van der Waals surface area contributed by atoms with E-state index in [2.05, 4.69) is 60.6 Å². The van der Waals surface area contributed by atoms with E-state index in [1.807, 2.05) is 12.2 Å². The van der Waals surface area contributed by atoms with E-state index in [1.54, 1.807) is 6.08 Å². The number of ether oxygens (including phenoxy) is 3. The molecule has 1 aliphatic rings. The molecule has 10 heteroatoms. The van der Waals surface area contributed by atoms with Gasteiger partial charge >= 0.3 is 18.1 Å². The Kier molecular flexibility index (Phi) is 33.9. The number of rotatable bonds is 40. The molecule has 7 nitrogen and oxygen atoms in total. The van der Waals surface area contributed by atoms with Crippen LogP contribution < -0.4 is 4.74 Å². The average molecular weight is 989 g/mol. The largest absolute Gasteiger partial charge is 0.491 e. The molecular formula is C60H99F3O7. The van der Waals surface area contributed by atoms with Crippen molar-refractivity contribution in [1.29, 1.82) is 0 Å². The highest BCUT2D eigenvalue weighted by molar-refractivity contribution is 5.70. The van der Waals surface area contributed by atoms with E-state index in [-0.39, 0.29) is 42.6 Å². The minimum atomic E-state index is -4.52. The Balaban J connectivity index is 2.01. The Hall–Kier alpha value is -3.11. The van der Waals surface area contributed by atoms with Gasteiger partial charge in [-0.15, -0.1) is 0 Å². The van der Waals surface area contributed by atoms with E-state index in [0.29, 0.717) is 62.4 Å². The predicted octanol–water partition coefficient (Wildman–Crippen LogP) is 16.5. The molecule has 0 amide bonds. The van der Waals surface area contributed by atoms with Gasteiger partial charge in [0.2, 0.25) is 0 Å². The molecule has 0 radical (unpaired) electrons. The Morgan fingerprint density at radius 2 is 1.31 bits per heavy atom. The van der Waals surface area contributed by atoms with Gasteiger partial charge in [-0.1, -0.05) is 187 Å². The van der Waals surface area contributed by atoms with E-state index in [1.165, 1.54) is 95.3 Å². The second-order valence-corrected chi connectivity index (χ2v) is 20.3. The molecule has 1 aromatic carbocycles. The summed E-state index contributed by atoms with van der Waals surface area (Å²) in [5, 5.41) is 22.4. The monoisotopic (exact) mass is 989 g/mol. The lowest BCUT2D eigenvalue weighted by Crippen LogP contribution is -2.34. The average Bonchev–Trinajstić information content (AvgIpc) is 3.64. The SMILES string of the molecule is CCCCCC/C=C\CCCCCCCCOC(=O)CCC/C=C\C[C@@H]1[C@@H](/C=C/[C@@H](O)COc2cccc(C(F)(F)F)c2)[C@H](OC(=O)CC(CC)C(CC)C(CC)C(CC)C(CC)CCCC)C[C@@H]1O. The summed E-state index contributed by atoms with van der Waals surface area (Å²) in [7, 11) is 0. The van der Waals surface area contributed by atoms with Crippen LogP contribution in [0.2, 0.25) is 0 Å². The van der Waals surface area contributed by atoms with Crippen LogP contribution in [0, 0.1) is 41.4 Å². The standard InChI is InChI=1S/C60H99F3O7/c1-8-15-17-18-19-20-21-22-23-24-25-26-29-32-41-68-58(66)38-31-28-27-30-37-54-55(40-39-49(64)45-69-50-36-33-35-48(43-50)60(61,62)63)57(44-56(54)65)70-59(67)42-47(11-4)52(13-6)53(14-7)51(12-5)46(10-3)34-16-9-2/h20-21,27,30,33,35-36,39-40,43,46-47,49,51-57,64-65H,8-19,22-26,28-29,31-32,34,37-38,41-42,44-45H2,1-7H3/b21-20-,30-27-,40-39+/t46?,47?,49-,51?,52?,53?,54-,55-,56+,57-/m1/s1. The molecule has 1 saturated carbocycles. The summed E-state index contributed by atoms with van der Waals surface area (Å²) in [6.07, 6.45) is 30.9. The van der Waals surface area contributed by atoms with Gasteiger partial charge in [0.05, 0.1) is 18.3 Å². The number of esters is 2. The minimum absolute atomic E-state index is 0.0115. The van der Waals surface area contributed by atoms with E-state index in [0.717, 1.165) is 63.5 Å². The number of carbonyl (C=O) groups excluding carboxylic acids is 2. The van der Waals surface area contributed by atoms with Crippen molar-refractivity contribution in [3.8, 4) is 5.75 Å². The molecular weight excluding hydrogens is 890 g/mol. The van der Waals surface area contributed by atoms with E-state index in [4.69, 9.17) is 14.2 Å². The Labute approximate surface area is 424 Å². The first kappa shape index (κ1) is 63.0. The third-order valence-electron chi connectivity index (χ3n) is 15.2. The number of benzene rings is 1. The maximum absolute atomic E-state index is 14.0. The maximum Gasteiger partial charge on any atom is 0.416 e. The van der Waals surface area contributed by atoms with Crippen LogP contribution >= 0.6 is 0 Å². The molecule has 70 heavy (non-hydrogen) atoms. The van der Waals surface area contributed by atoms with Gasteiger partial charge in [0.25, 0.3) is 0 Å². The van der Waals surface area contributed by atoms with Gasteiger partial charge in [-0.3, -0.25) is 9.59 Å². The van der Waals surface area contributed by atoms with Crippen molar-refractivity contribution < 1.29 is 47.2 Å². The number of alkyl halides is 3. The summed E-state index contributed by atoms with van der Waals surface area (Å²) >= 11 is 0. The molecule has 1 aromatic rings. The van der Waals surface area contributed by atoms with Crippen LogP contribution in [0.15, 0.2) is 60.7 Å². The van der Waals surface area contributed by atoms with Crippen LogP contribution in [0.1, 0.15) is 221 Å². The van der Waals surface area contributed by atoms with Crippen LogP contribution in [0.4, 0.5) is 13.2 Å². The summed E-state index contributed by atoms with van der Waals surface area (Å²) in [6, 6.07) is 4.53. The Bertz CT molecular complexity index is 1590. The minimum Gasteiger partial charge on any atom is -0.491 e. The van der Waals surface area contributed by atoms with Gasteiger partial charge in [0.1, 0.15) is 24.6 Å². The Morgan fingerprint density at radius 3 is 1.94 bits per heavy atom. The predicted molar refractivity (Wildman–Crippen MR) is 281 cm³/mol. The van der Waals surface area contributed by atoms with E-state index in [9.17, 15) is 33.0 Å². The van der Waals surface area contributed by atoms with E-state index < -0.39 is 36.0 Å². The zero-order valence-corrected chi connectivity index (χ0v) is 44.9. The molecule has 5 unspecified atom stereocenters. The summed E-state index contributed by atoms with van der Waals surface area (Å²) in [5.74, 6) is 1.11. The Morgan fingerprint density at radius 1 is 0.714 bits per heavy atom. The number of halogens is 3. The third kappa shape index (κ3) is 25.0. The van der Waals surface area contributed by atoms with Crippen molar-refractivity contribution in [2.75, 3.05) is 13.2 Å². The van der Waals surface area contributed by atoms with Crippen molar-refractivity contribution in [1.82, 2.24) is 0 Å². The van der Waals surface area contributed by atoms with Gasteiger partial charge in [-0.25, -0.2) is 0 Å². The third-order valence-corrected chi connectivity index (χ3v) is 15.2. The molecule has 402 valence electrons. The lowest BCUT2D eigenvalue weighted by atomic mass is 9.65. The van der Waals surface area contributed by atoms with Gasteiger partial charge in [0.15, 0.2) is 0 Å². The van der Waals surface area contributed by atoms with Crippen LogP contribution in [0.3, 0.4) is 0 Å². The molecule has 0 bridgehead atoms. The van der Waals surface area contributed by atoms with Gasteiger partial charge < -0.3 is 24.4 Å². The fraction of sp³-hybridized carbons (Fsp3) is 0.767. The quantitative estimate of drug-likeness (QED) is 0.0384. The highest BCUT2D eigenvalue weighted by Crippen LogP contribution is 2.44.